The lowest BCUT2D eigenvalue weighted by Gasteiger charge is -2.18. The van der Waals surface area contributed by atoms with Gasteiger partial charge in [-0.25, -0.2) is 17.7 Å². The molecule has 4 aromatic rings. The highest BCUT2D eigenvalue weighted by molar-refractivity contribution is 6.16. The van der Waals surface area contributed by atoms with Crippen molar-refractivity contribution in [3.05, 3.63) is 126 Å². The maximum atomic E-state index is 16.6. The van der Waals surface area contributed by atoms with Crippen molar-refractivity contribution in [2.24, 2.45) is 0 Å². The molecule has 0 radical (unpaired) electrons. The van der Waals surface area contributed by atoms with E-state index in [1.54, 1.807) is 31.2 Å². The second-order valence-electron chi connectivity index (χ2n) is 10.7. The van der Waals surface area contributed by atoms with Crippen molar-refractivity contribution in [3.8, 4) is 28.1 Å². The third kappa shape index (κ3) is 5.86. The Morgan fingerprint density at radius 1 is 1.05 bits per heavy atom. The van der Waals surface area contributed by atoms with E-state index in [9.17, 15) is 18.4 Å². The van der Waals surface area contributed by atoms with Gasteiger partial charge in [-0.1, -0.05) is 30.9 Å². The van der Waals surface area contributed by atoms with Crippen molar-refractivity contribution in [2.45, 2.75) is 32.2 Å². The summed E-state index contributed by atoms with van der Waals surface area (Å²) < 4.78 is 49.2. The van der Waals surface area contributed by atoms with Gasteiger partial charge in [0.15, 0.2) is 11.6 Å². The van der Waals surface area contributed by atoms with Crippen LogP contribution in [-0.4, -0.2) is 34.0 Å². The fourth-order valence-electron chi connectivity index (χ4n) is 5.03. The molecule has 0 saturated heterocycles. The van der Waals surface area contributed by atoms with Crippen LogP contribution in [0.25, 0.3) is 27.9 Å². The zero-order valence-corrected chi connectivity index (χ0v) is 24.5. The number of benzene rings is 2. The van der Waals surface area contributed by atoms with E-state index in [0.717, 1.165) is 12.8 Å². The summed E-state index contributed by atoms with van der Waals surface area (Å²) in [5.41, 5.74) is 1.64. The molecule has 1 aliphatic carbocycles. The monoisotopic (exact) mass is 597 g/mol. The number of hydrogen-bond donors (Lipinski definition) is 1. The zero-order valence-electron chi connectivity index (χ0n) is 24.5. The molecule has 0 aliphatic heterocycles. The van der Waals surface area contributed by atoms with E-state index in [-0.39, 0.29) is 33.5 Å². The molecule has 44 heavy (non-hydrogen) atoms. The van der Waals surface area contributed by atoms with Gasteiger partial charge in [0.2, 0.25) is 0 Å². The number of carbonyl (C=O) groups excluding carboxylic acids is 2. The van der Waals surface area contributed by atoms with Crippen molar-refractivity contribution >= 4 is 17.2 Å². The standard InChI is InChI=1S/C35H30F3N3O3/c1-21(2)33(42)29-31(23-9-11-24(37)12-10-23)40-41-18-13-25(30(38)32(29)41)26-20-27(28(44-4)19-22(26)3)34(43)39-35(15-16-35)14-7-5-6-8-17-36/h5-14,17-20H,1,15-16H2,2-4H3,(H,39,43). The Morgan fingerprint density at radius 2 is 1.75 bits per heavy atom. The molecule has 1 saturated carbocycles. The molecular weight excluding hydrogens is 567 g/mol. The van der Waals surface area contributed by atoms with Crippen LogP contribution in [0.3, 0.4) is 0 Å². The van der Waals surface area contributed by atoms with Crippen LogP contribution >= 0.6 is 0 Å². The number of fused-ring (bicyclic) bond motifs is 1. The number of ketones is 1. The minimum Gasteiger partial charge on any atom is -0.496 e. The van der Waals surface area contributed by atoms with Gasteiger partial charge in [-0.3, -0.25) is 9.59 Å². The van der Waals surface area contributed by atoms with Crippen molar-refractivity contribution in [1.82, 2.24) is 14.9 Å². The van der Waals surface area contributed by atoms with E-state index in [2.05, 4.69) is 17.0 Å². The summed E-state index contributed by atoms with van der Waals surface area (Å²) in [5, 5.41) is 7.50. The van der Waals surface area contributed by atoms with E-state index < -0.39 is 28.9 Å². The molecule has 224 valence electrons. The van der Waals surface area contributed by atoms with Gasteiger partial charge in [-0.05, 0) is 91.9 Å². The molecule has 2 aromatic heterocycles. The number of nitrogens with one attached hydrogen (secondary N) is 1. The average molecular weight is 598 g/mol. The molecule has 2 heterocycles. The number of carbonyl (C=O) groups is 2. The molecule has 6 nitrogen and oxygen atoms in total. The van der Waals surface area contributed by atoms with E-state index in [0.29, 0.717) is 28.8 Å². The molecule has 0 bridgehead atoms. The summed E-state index contributed by atoms with van der Waals surface area (Å²) in [7, 11) is 1.45. The first kappa shape index (κ1) is 30.3. The Kier molecular flexibility index (Phi) is 8.40. The summed E-state index contributed by atoms with van der Waals surface area (Å²) in [6.07, 6.45) is 11.5. The number of aryl methyl sites for hydroxylation is 1. The summed E-state index contributed by atoms with van der Waals surface area (Å²) in [5.74, 6) is -1.76. The van der Waals surface area contributed by atoms with Crippen LogP contribution in [0.15, 0.2) is 97.5 Å². The Morgan fingerprint density at radius 3 is 2.39 bits per heavy atom. The summed E-state index contributed by atoms with van der Waals surface area (Å²) in [6.45, 7) is 7.05. The predicted octanol–water partition coefficient (Wildman–Crippen LogP) is 7.88. The van der Waals surface area contributed by atoms with Gasteiger partial charge in [-0.15, -0.1) is 0 Å². The van der Waals surface area contributed by atoms with Crippen LogP contribution in [0, 0.1) is 18.6 Å². The number of methoxy groups -OCH3 is 1. The third-order valence-corrected chi connectivity index (χ3v) is 7.52. The maximum Gasteiger partial charge on any atom is 0.255 e. The Hall–Kier alpha value is -5.18. The fourth-order valence-corrected chi connectivity index (χ4v) is 5.03. The van der Waals surface area contributed by atoms with E-state index in [1.165, 1.54) is 67.2 Å². The SMILES string of the molecule is C=C(C)C(=O)c1c(-c2ccc(F)cc2)nn2ccc(-c3cc(C(=O)NC4(C=CC=CC=CF)CC4)c(OC)cc3C)c(F)c12. The van der Waals surface area contributed by atoms with Crippen LogP contribution in [0.2, 0.25) is 0 Å². The molecule has 9 heteroatoms. The lowest BCUT2D eigenvalue weighted by Crippen LogP contribution is -2.35. The molecule has 1 N–H and O–H groups in total. The number of rotatable bonds is 10. The Labute approximate surface area is 252 Å². The molecule has 2 aromatic carbocycles. The summed E-state index contributed by atoms with van der Waals surface area (Å²) >= 11 is 0. The minimum atomic E-state index is -0.715. The topological polar surface area (TPSA) is 72.7 Å². The van der Waals surface area contributed by atoms with Gasteiger partial charge in [0.25, 0.3) is 5.91 Å². The first-order chi connectivity index (χ1) is 21.1. The first-order valence-electron chi connectivity index (χ1n) is 13.9. The van der Waals surface area contributed by atoms with E-state index in [4.69, 9.17) is 4.74 Å². The van der Waals surface area contributed by atoms with Crippen LogP contribution in [0.5, 0.6) is 5.75 Å². The quantitative estimate of drug-likeness (QED) is 0.115. The van der Waals surface area contributed by atoms with Crippen LogP contribution in [0.4, 0.5) is 13.2 Å². The lowest BCUT2D eigenvalue weighted by molar-refractivity contribution is 0.0936. The van der Waals surface area contributed by atoms with Gasteiger partial charge in [0.1, 0.15) is 22.8 Å². The van der Waals surface area contributed by atoms with Crippen molar-refractivity contribution < 1.29 is 27.5 Å². The molecular formula is C35H30F3N3O3. The number of Topliss-reactive ketones (excluding diaryl/α,β-unsaturated/α-hetero) is 1. The highest BCUT2D eigenvalue weighted by Gasteiger charge is 2.42. The number of hydrogen-bond acceptors (Lipinski definition) is 4. The van der Waals surface area contributed by atoms with Crippen LogP contribution in [-0.2, 0) is 0 Å². The summed E-state index contributed by atoms with van der Waals surface area (Å²) in [6, 6.07) is 10.2. The fraction of sp³-hybridized carbons (Fsp3) is 0.171. The second kappa shape index (κ2) is 12.2. The van der Waals surface area contributed by atoms with Crippen molar-refractivity contribution in [2.75, 3.05) is 7.11 Å². The normalized spacial score (nSPS) is 14.1. The molecule has 1 amide bonds. The number of halogens is 3. The highest BCUT2D eigenvalue weighted by atomic mass is 19.1. The smallest absolute Gasteiger partial charge is 0.255 e. The average Bonchev–Trinajstić information content (AvgIpc) is 3.65. The van der Waals surface area contributed by atoms with Crippen molar-refractivity contribution in [1.29, 1.82) is 0 Å². The third-order valence-electron chi connectivity index (χ3n) is 7.52. The van der Waals surface area contributed by atoms with Gasteiger partial charge in [0, 0.05) is 17.3 Å². The molecule has 5 rings (SSSR count). The largest absolute Gasteiger partial charge is 0.496 e. The van der Waals surface area contributed by atoms with Gasteiger partial charge >= 0.3 is 0 Å². The molecule has 0 atom stereocenters. The van der Waals surface area contributed by atoms with Crippen molar-refractivity contribution in [3.63, 3.8) is 0 Å². The Bertz CT molecular complexity index is 1880. The molecule has 1 fully saturated rings. The second-order valence-corrected chi connectivity index (χ2v) is 10.7. The Balaban J connectivity index is 1.60. The predicted molar refractivity (Wildman–Crippen MR) is 164 cm³/mol. The van der Waals surface area contributed by atoms with Crippen LogP contribution in [0.1, 0.15) is 46.0 Å². The van der Waals surface area contributed by atoms with Gasteiger partial charge in [-0.2, -0.15) is 5.10 Å². The number of aromatic nitrogens is 2. The van der Waals surface area contributed by atoms with Gasteiger partial charge < -0.3 is 10.1 Å². The van der Waals surface area contributed by atoms with Gasteiger partial charge in [0.05, 0.1) is 30.1 Å². The number of nitrogens with zero attached hydrogens (tertiary/aromatic N) is 2. The molecule has 1 aliphatic rings. The highest BCUT2D eigenvalue weighted by Crippen LogP contribution is 2.39. The van der Waals surface area contributed by atoms with Crippen LogP contribution < -0.4 is 10.1 Å². The summed E-state index contributed by atoms with van der Waals surface area (Å²) in [4.78, 5) is 26.9. The number of ether oxygens (including phenoxy) is 1. The maximum absolute atomic E-state index is 16.6. The minimum absolute atomic E-state index is 0.00565. The molecule has 0 unspecified atom stereocenters. The van der Waals surface area contributed by atoms with E-state index in [1.807, 2.05) is 6.08 Å². The number of allylic oxidation sites excluding steroid dienone is 5. The van der Waals surface area contributed by atoms with E-state index >= 15 is 4.39 Å². The zero-order chi connectivity index (χ0) is 31.6. The molecule has 0 spiro atoms. The lowest BCUT2D eigenvalue weighted by atomic mass is 9.94. The number of pyridine rings is 1. The first-order valence-corrected chi connectivity index (χ1v) is 13.9. The number of amides is 1.